The molecule has 0 radical (unpaired) electrons. The summed E-state index contributed by atoms with van der Waals surface area (Å²) in [5.74, 6) is 0. The van der Waals surface area contributed by atoms with E-state index in [1.165, 1.54) is 38.9 Å². The van der Waals surface area contributed by atoms with Gasteiger partial charge in [0.15, 0.2) is 0 Å². The van der Waals surface area contributed by atoms with Gasteiger partial charge in [0.25, 0.3) is 0 Å². The van der Waals surface area contributed by atoms with Crippen molar-refractivity contribution < 1.29 is 0 Å². The number of benzene rings is 6. The topological polar surface area (TPSA) is 25.8 Å². The zero-order chi connectivity index (χ0) is 30.7. The average Bonchev–Trinajstić information content (AvgIpc) is 3.15. The van der Waals surface area contributed by atoms with Crippen LogP contribution in [0.5, 0.6) is 0 Å². The molecule has 6 aromatic carbocycles. The van der Waals surface area contributed by atoms with E-state index in [-0.39, 0.29) is 0 Å². The smallest absolute Gasteiger partial charge is 0.0716 e. The zero-order valence-electron chi connectivity index (χ0n) is 25.2. The Bertz CT molecular complexity index is 2230. The van der Waals surface area contributed by atoms with Gasteiger partial charge in [-0.1, -0.05) is 115 Å². The fourth-order valence-electron chi connectivity index (χ4n) is 6.22. The number of rotatable bonds is 6. The van der Waals surface area contributed by atoms with Crippen molar-refractivity contribution in [2.75, 3.05) is 0 Å². The van der Waals surface area contributed by atoms with Crippen LogP contribution in [0.1, 0.15) is 0 Å². The molecule has 0 saturated carbocycles. The van der Waals surface area contributed by atoms with Crippen molar-refractivity contribution in [1.82, 2.24) is 9.97 Å². The number of fused-ring (bicyclic) bond motifs is 1. The summed E-state index contributed by atoms with van der Waals surface area (Å²) in [6.07, 6.45) is 3.69. The van der Waals surface area contributed by atoms with Crippen molar-refractivity contribution in [3.63, 3.8) is 0 Å². The monoisotopic (exact) mass is 586 g/mol. The quantitative estimate of drug-likeness (QED) is 0.194. The van der Waals surface area contributed by atoms with Crippen LogP contribution in [0.25, 0.3) is 77.8 Å². The maximum Gasteiger partial charge on any atom is 0.0716 e. The molecular weight excluding hydrogens is 556 g/mol. The van der Waals surface area contributed by atoms with Crippen LogP contribution in [-0.2, 0) is 0 Å². The standard InChI is InChI=1S/C44H30N2/c1-3-11-31(12-4-1)38-27-39(32-13-5-2-6-14-32)29-40(28-38)36-17-9-15-34(25-36)35-16-10-18-37(26-35)44-30-42(33-21-23-45-24-22-33)41-19-7-8-20-43(41)46-44/h1-30H. The maximum atomic E-state index is 5.09. The minimum atomic E-state index is 0.951. The number of aromatic nitrogens is 2. The summed E-state index contributed by atoms with van der Waals surface area (Å²) in [4.78, 5) is 9.32. The highest BCUT2D eigenvalue weighted by atomic mass is 14.7. The summed E-state index contributed by atoms with van der Waals surface area (Å²) in [6.45, 7) is 0. The Kier molecular flexibility index (Phi) is 7.22. The summed E-state index contributed by atoms with van der Waals surface area (Å²) < 4.78 is 0. The van der Waals surface area contributed by atoms with E-state index in [1.807, 2.05) is 18.5 Å². The fraction of sp³-hybridized carbons (Fsp3) is 0. The normalized spacial score (nSPS) is 11.0. The number of hydrogen-bond donors (Lipinski definition) is 0. The third-order valence-electron chi connectivity index (χ3n) is 8.54. The Balaban J connectivity index is 1.21. The van der Waals surface area contributed by atoms with Crippen molar-refractivity contribution in [2.24, 2.45) is 0 Å². The van der Waals surface area contributed by atoms with Crippen molar-refractivity contribution in [3.05, 3.63) is 182 Å². The van der Waals surface area contributed by atoms with Gasteiger partial charge in [-0.3, -0.25) is 4.98 Å². The molecule has 2 heterocycles. The van der Waals surface area contributed by atoms with E-state index in [1.54, 1.807) is 0 Å². The molecule has 8 rings (SSSR count). The van der Waals surface area contributed by atoms with Gasteiger partial charge >= 0.3 is 0 Å². The van der Waals surface area contributed by atoms with Gasteiger partial charge in [-0.25, -0.2) is 4.98 Å². The van der Waals surface area contributed by atoms with E-state index < -0.39 is 0 Å². The van der Waals surface area contributed by atoms with Crippen LogP contribution in [-0.4, -0.2) is 9.97 Å². The second-order valence-electron chi connectivity index (χ2n) is 11.5. The third kappa shape index (κ3) is 5.49. The Hall–Kier alpha value is -6.12. The molecule has 0 aliphatic rings. The van der Waals surface area contributed by atoms with E-state index in [0.717, 1.165) is 38.9 Å². The Morgan fingerprint density at radius 3 is 1.39 bits per heavy atom. The molecule has 0 bridgehead atoms. The van der Waals surface area contributed by atoms with Gasteiger partial charge in [-0.15, -0.1) is 0 Å². The molecule has 2 heteroatoms. The van der Waals surface area contributed by atoms with Crippen LogP contribution in [0.4, 0.5) is 0 Å². The lowest BCUT2D eigenvalue weighted by molar-refractivity contribution is 1.33. The van der Waals surface area contributed by atoms with E-state index in [0.29, 0.717) is 0 Å². The summed E-state index contributed by atoms with van der Waals surface area (Å²) >= 11 is 0. The van der Waals surface area contributed by atoms with Gasteiger partial charge in [0.05, 0.1) is 11.2 Å². The van der Waals surface area contributed by atoms with Crippen molar-refractivity contribution in [3.8, 4) is 66.9 Å². The minimum Gasteiger partial charge on any atom is -0.265 e. The zero-order valence-corrected chi connectivity index (χ0v) is 25.2. The van der Waals surface area contributed by atoms with Gasteiger partial charge in [0.1, 0.15) is 0 Å². The van der Waals surface area contributed by atoms with Crippen LogP contribution in [0.2, 0.25) is 0 Å². The van der Waals surface area contributed by atoms with Crippen LogP contribution in [0.15, 0.2) is 182 Å². The maximum absolute atomic E-state index is 5.09. The lowest BCUT2D eigenvalue weighted by atomic mass is 9.92. The third-order valence-corrected chi connectivity index (χ3v) is 8.54. The predicted molar refractivity (Wildman–Crippen MR) is 192 cm³/mol. The fourth-order valence-corrected chi connectivity index (χ4v) is 6.22. The van der Waals surface area contributed by atoms with Crippen molar-refractivity contribution >= 4 is 10.9 Å². The summed E-state index contributed by atoms with van der Waals surface area (Å²) in [5.41, 5.74) is 14.8. The molecule has 0 aliphatic heterocycles. The van der Waals surface area contributed by atoms with Crippen molar-refractivity contribution in [2.45, 2.75) is 0 Å². The van der Waals surface area contributed by atoms with Gasteiger partial charge in [-0.05, 0) is 110 Å². The SMILES string of the molecule is c1ccc(-c2cc(-c3ccccc3)cc(-c3cccc(-c4cccc(-c5cc(-c6ccncc6)c6ccccc6n5)c4)c3)c2)cc1. The first kappa shape index (κ1) is 27.4. The summed E-state index contributed by atoms with van der Waals surface area (Å²) in [7, 11) is 0. The number of pyridine rings is 2. The molecule has 0 saturated heterocycles. The lowest BCUT2D eigenvalue weighted by Gasteiger charge is -2.13. The molecule has 0 fully saturated rings. The first-order valence-electron chi connectivity index (χ1n) is 15.6. The molecule has 0 aliphatic carbocycles. The molecule has 0 atom stereocenters. The Labute approximate surface area is 269 Å². The highest BCUT2D eigenvalue weighted by Crippen LogP contribution is 2.36. The summed E-state index contributed by atoms with van der Waals surface area (Å²) in [6, 6.07) is 60.4. The van der Waals surface area contributed by atoms with Crippen LogP contribution in [0, 0.1) is 0 Å². The highest BCUT2D eigenvalue weighted by Gasteiger charge is 2.12. The highest BCUT2D eigenvalue weighted by molar-refractivity contribution is 5.97. The second kappa shape index (κ2) is 12.1. The Morgan fingerprint density at radius 1 is 0.304 bits per heavy atom. The van der Waals surface area contributed by atoms with E-state index >= 15 is 0 Å². The predicted octanol–water partition coefficient (Wildman–Crippen LogP) is 11.6. The second-order valence-corrected chi connectivity index (χ2v) is 11.5. The number of para-hydroxylation sites is 1. The van der Waals surface area contributed by atoms with Crippen molar-refractivity contribution in [1.29, 1.82) is 0 Å². The van der Waals surface area contributed by atoms with Crippen LogP contribution in [0.3, 0.4) is 0 Å². The average molecular weight is 587 g/mol. The van der Waals surface area contributed by atoms with E-state index in [9.17, 15) is 0 Å². The van der Waals surface area contributed by atoms with Crippen LogP contribution >= 0.6 is 0 Å². The van der Waals surface area contributed by atoms with Gasteiger partial charge in [0.2, 0.25) is 0 Å². The molecular formula is C44H30N2. The molecule has 46 heavy (non-hydrogen) atoms. The van der Waals surface area contributed by atoms with E-state index in [2.05, 4.69) is 169 Å². The molecule has 0 spiro atoms. The molecule has 2 aromatic heterocycles. The lowest BCUT2D eigenvalue weighted by Crippen LogP contribution is -1.91. The first-order chi connectivity index (χ1) is 22.8. The molecule has 0 unspecified atom stereocenters. The largest absolute Gasteiger partial charge is 0.265 e. The molecule has 2 nitrogen and oxygen atoms in total. The van der Waals surface area contributed by atoms with Gasteiger partial charge < -0.3 is 0 Å². The molecule has 8 aromatic rings. The number of hydrogen-bond acceptors (Lipinski definition) is 2. The minimum absolute atomic E-state index is 0.951. The van der Waals surface area contributed by atoms with Gasteiger partial charge in [-0.2, -0.15) is 0 Å². The first-order valence-corrected chi connectivity index (χ1v) is 15.6. The van der Waals surface area contributed by atoms with Crippen LogP contribution < -0.4 is 0 Å². The Morgan fingerprint density at radius 2 is 0.761 bits per heavy atom. The molecule has 0 amide bonds. The van der Waals surface area contributed by atoms with Gasteiger partial charge in [0, 0.05) is 23.3 Å². The number of nitrogens with zero attached hydrogens (tertiary/aromatic N) is 2. The molecule has 216 valence electrons. The molecule has 0 N–H and O–H groups in total. The summed E-state index contributed by atoms with van der Waals surface area (Å²) in [5, 5.41) is 1.13. The van der Waals surface area contributed by atoms with E-state index in [4.69, 9.17) is 4.98 Å².